The molecule has 4 aromatic carbocycles. The van der Waals surface area contributed by atoms with Crippen LogP contribution in [0.15, 0.2) is 96.4 Å². The molecule has 6 heteroatoms. The molecule has 0 fully saturated rings. The molecule has 2 N–H and O–H groups in total. The number of allylic oxidation sites excluding steroid dienone is 1. The summed E-state index contributed by atoms with van der Waals surface area (Å²) in [6, 6.07) is 28.7. The van der Waals surface area contributed by atoms with Crippen LogP contribution in [0, 0.1) is 11.3 Å². The van der Waals surface area contributed by atoms with Crippen molar-refractivity contribution in [1.82, 2.24) is 0 Å². The van der Waals surface area contributed by atoms with Crippen LogP contribution in [0.4, 0.5) is 0 Å². The van der Waals surface area contributed by atoms with Gasteiger partial charge in [-0.15, -0.1) is 0 Å². The number of fused-ring (bicyclic) bond motifs is 2. The quantitative estimate of drug-likeness (QED) is 0.287. The fourth-order valence-electron chi connectivity index (χ4n) is 4.59. The van der Waals surface area contributed by atoms with E-state index in [1.165, 1.54) is 0 Å². The smallest absolute Gasteiger partial charge is 0.315 e. The molecule has 1 unspecified atom stereocenters. The van der Waals surface area contributed by atoms with Crippen LogP contribution in [-0.4, -0.2) is 12.6 Å². The van der Waals surface area contributed by atoms with Crippen LogP contribution < -0.4 is 19.9 Å². The van der Waals surface area contributed by atoms with Gasteiger partial charge in [-0.1, -0.05) is 66.7 Å². The molecule has 5 rings (SSSR count). The first kappa shape index (κ1) is 23.0. The number of ether oxygens (including phenoxy) is 3. The zero-order valence-corrected chi connectivity index (χ0v) is 19.7. The number of para-hydroxylation sites is 1. The van der Waals surface area contributed by atoms with Crippen LogP contribution in [0.3, 0.4) is 0 Å². The summed E-state index contributed by atoms with van der Waals surface area (Å²) in [4.78, 5) is 12.8. The van der Waals surface area contributed by atoms with Crippen molar-refractivity contribution >= 4 is 16.7 Å². The first-order valence-corrected chi connectivity index (χ1v) is 11.7. The van der Waals surface area contributed by atoms with Crippen LogP contribution in [0.1, 0.15) is 29.5 Å². The van der Waals surface area contributed by atoms with Crippen molar-refractivity contribution in [1.29, 1.82) is 5.26 Å². The Balaban J connectivity index is 1.44. The number of benzene rings is 4. The van der Waals surface area contributed by atoms with E-state index in [2.05, 4.69) is 6.07 Å². The number of esters is 1. The van der Waals surface area contributed by atoms with Gasteiger partial charge in [-0.25, -0.2) is 0 Å². The average molecular weight is 477 g/mol. The van der Waals surface area contributed by atoms with E-state index in [9.17, 15) is 10.1 Å². The first-order valence-electron chi connectivity index (χ1n) is 11.7. The number of carbonyl (C=O) groups excluding carboxylic acids is 1. The van der Waals surface area contributed by atoms with Crippen molar-refractivity contribution in [2.24, 2.45) is 5.73 Å². The van der Waals surface area contributed by atoms with E-state index >= 15 is 0 Å². The Kier molecular flexibility index (Phi) is 6.29. The van der Waals surface area contributed by atoms with E-state index in [4.69, 9.17) is 19.9 Å². The third kappa shape index (κ3) is 4.35. The summed E-state index contributed by atoms with van der Waals surface area (Å²) in [6.07, 6.45) is 0.129. The first-order chi connectivity index (χ1) is 17.6. The monoisotopic (exact) mass is 476 g/mol. The predicted octanol–water partition coefficient (Wildman–Crippen LogP) is 5.60. The highest BCUT2D eigenvalue weighted by Gasteiger charge is 2.33. The van der Waals surface area contributed by atoms with E-state index in [1.54, 1.807) is 18.2 Å². The van der Waals surface area contributed by atoms with Crippen molar-refractivity contribution in [2.45, 2.75) is 19.3 Å². The second-order valence-electron chi connectivity index (χ2n) is 8.38. The molecule has 0 aliphatic carbocycles. The minimum Gasteiger partial charge on any atom is -0.494 e. The number of nitrogens with zero attached hydrogens (tertiary/aromatic N) is 1. The molecule has 4 aromatic rings. The van der Waals surface area contributed by atoms with Crippen molar-refractivity contribution in [3.05, 3.63) is 113 Å². The van der Waals surface area contributed by atoms with Gasteiger partial charge in [0.2, 0.25) is 5.88 Å². The van der Waals surface area contributed by atoms with Gasteiger partial charge in [-0.3, -0.25) is 4.79 Å². The highest BCUT2D eigenvalue weighted by Crippen LogP contribution is 2.45. The predicted molar refractivity (Wildman–Crippen MR) is 137 cm³/mol. The van der Waals surface area contributed by atoms with Gasteiger partial charge in [0, 0.05) is 17.2 Å². The van der Waals surface area contributed by atoms with Crippen molar-refractivity contribution in [3.63, 3.8) is 0 Å². The van der Waals surface area contributed by atoms with Gasteiger partial charge in [-0.2, -0.15) is 5.26 Å². The Morgan fingerprint density at radius 1 is 1.00 bits per heavy atom. The van der Waals surface area contributed by atoms with Gasteiger partial charge in [0.25, 0.3) is 0 Å². The molecule has 0 amide bonds. The molecule has 1 atom stereocenters. The van der Waals surface area contributed by atoms with Gasteiger partial charge < -0.3 is 19.9 Å². The molecule has 6 nitrogen and oxygen atoms in total. The number of hydrogen-bond donors (Lipinski definition) is 1. The number of rotatable bonds is 6. The lowest BCUT2D eigenvalue weighted by Gasteiger charge is -2.27. The van der Waals surface area contributed by atoms with E-state index < -0.39 is 5.92 Å². The molecule has 178 valence electrons. The highest BCUT2D eigenvalue weighted by molar-refractivity contribution is 5.89. The number of carbonyl (C=O) groups is 1. The summed E-state index contributed by atoms with van der Waals surface area (Å²) in [5, 5.41) is 11.9. The lowest BCUT2D eigenvalue weighted by Crippen LogP contribution is -2.21. The maximum absolute atomic E-state index is 12.8. The number of nitrogens with two attached hydrogens (primary N) is 1. The van der Waals surface area contributed by atoms with Gasteiger partial charge in [-0.05, 0) is 35.4 Å². The van der Waals surface area contributed by atoms with E-state index in [-0.39, 0.29) is 18.3 Å². The third-order valence-corrected chi connectivity index (χ3v) is 6.17. The molecule has 0 spiro atoms. The molecule has 36 heavy (non-hydrogen) atoms. The zero-order valence-electron chi connectivity index (χ0n) is 19.7. The topological polar surface area (TPSA) is 94.6 Å². The van der Waals surface area contributed by atoms with Crippen LogP contribution in [0.5, 0.6) is 17.2 Å². The summed E-state index contributed by atoms with van der Waals surface area (Å²) in [5.41, 5.74) is 8.89. The maximum Gasteiger partial charge on any atom is 0.315 e. The normalized spacial score (nSPS) is 14.5. The van der Waals surface area contributed by atoms with Gasteiger partial charge in [0.1, 0.15) is 28.9 Å². The fourth-order valence-corrected chi connectivity index (χ4v) is 4.59. The van der Waals surface area contributed by atoms with Crippen LogP contribution >= 0.6 is 0 Å². The second kappa shape index (κ2) is 9.85. The van der Waals surface area contributed by atoms with Gasteiger partial charge >= 0.3 is 5.97 Å². The molecule has 0 radical (unpaired) electrons. The molecular formula is C30H24N2O4. The highest BCUT2D eigenvalue weighted by atomic mass is 16.5. The van der Waals surface area contributed by atoms with E-state index in [0.29, 0.717) is 29.4 Å². The Labute approximate surface area is 209 Å². The zero-order chi connectivity index (χ0) is 25.1. The molecule has 1 aliphatic rings. The SMILES string of the molecule is CCOc1ccccc1C1C(C#N)=C(N)Oc2cc(OC(=O)Cc3cccc4ccccc34)ccc21. The molecule has 0 saturated heterocycles. The number of hydrogen-bond acceptors (Lipinski definition) is 6. The summed E-state index contributed by atoms with van der Waals surface area (Å²) in [7, 11) is 0. The van der Waals surface area contributed by atoms with Crippen LogP contribution in [0.25, 0.3) is 10.8 Å². The fraction of sp³-hybridized carbons (Fsp3) is 0.133. The molecule has 1 heterocycles. The Morgan fingerprint density at radius 2 is 1.78 bits per heavy atom. The summed E-state index contributed by atoms with van der Waals surface area (Å²) >= 11 is 0. The number of nitriles is 1. The summed E-state index contributed by atoms with van der Waals surface area (Å²) < 4.78 is 17.3. The minimum atomic E-state index is -0.470. The third-order valence-electron chi connectivity index (χ3n) is 6.17. The Hall–Kier alpha value is -4.76. The van der Waals surface area contributed by atoms with Crippen molar-refractivity contribution < 1.29 is 19.0 Å². The van der Waals surface area contributed by atoms with Gasteiger partial charge in [0.15, 0.2) is 0 Å². The Bertz CT molecular complexity index is 1530. The lowest BCUT2D eigenvalue weighted by molar-refractivity contribution is -0.133. The molecule has 0 bridgehead atoms. The summed E-state index contributed by atoms with van der Waals surface area (Å²) in [5.74, 6) is 0.593. The van der Waals surface area contributed by atoms with Gasteiger partial charge in [0.05, 0.1) is 18.9 Å². The van der Waals surface area contributed by atoms with Crippen LogP contribution in [0.2, 0.25) is 0 Å². The Morgan fingerprint density at radius 3 is 2.61 bits per heavy atom. The molecular weight excluding hydrogens is 452 g/mol. The van der Waals surface area contributed by atoms with Crippen molar-refractivity contribution in [2.75, 3.05) is 6.61 Å². The standard InChI is InChI=1S/C30H24N2O4/c1-2-34-26-13-6-5-12-23(26)29-24-15-14-21(17-27(24)36-30(32)25(29)18-31)35-28(33)16-20-10-7-9-19-8-3-4-11-22(19)20/h3-15,17,29H,2,16,32H2,1H3. The van der Waals surface area contributed by atoms with Crippen molar-refractivity contribution in [3.8, 4) is 23.3 Å². The van der Waals surface area contributed by atoms with E-state index in [1.807, 2.05) is 73.7 Å². The van der Waals surface area contributed by atoms with Crippen LogP contribution in [-0.2, 0) is 11.2 Å². The van der Waals surface area contributed by atoms with E-state index in [0.717, 1.165) is 27.5 Å². The summed E-state index contributed by atoms with van der Waals surface area (Å²) in [6.45, 7) is 2.39. The second-order valence-corrected chi connectivity index (χ2v) is 8.38. The minimum absolute atomic E-state index is 0.0144. The largest absolute Gasteiger partial charge is 0.494 e. The average Bonchev–Trinajstić information content (AvgIpc) is 2.88. The lowest BCUT2D eigenvalue weighted by atomic mass is 9.83. The molecule has 1 aliphatic heterocycles. The maximum atomic E-state index is 12.8. The molecule has 0 saturated carbocycles. The molecule has 0 aromatic heterocycles.